The molecule has 0 unspecified atom stereocenters. The van der Waals surface area contributed by atoms with Crippen molar-refractivity contribution >= 4 is 11.6 Å². The van der Waals surface area contributed by atoms with Crippen LogP contribution in [-0.2, 0) is 10.2 Å². The van der Waals surface area contributed by atoms with Gasteiger partial charge in [0.25, 0.3) is 0 Å². The monoisotopic (exact) mass is 288 g/mol. The smallest absolute Gasteiger partial charge is 0.230 e. The van der Waals surface area contributed by atoms with E-state index < -0.39 is 0 Å². The fourth-order valence-corrected chi connectivity index (χ4v) is 3.18. The van der Waals surface area contributed by atoms with E-state index in [0.29, 0.717) is 6.54 Å². The second-order valence-corrected chi connectivity index (χ2v) is 6.96. The largest absolute Gasteiger partial charge is 0.330 e. The lowest BCUT2D eigenvalue weighted by Gasteiger charge is -2.26. The van der Waals surface area contributed by atoms with Gasteiger partial charge in [0.15, 0.2) is 0 Å². The molecular weight excluding hydrogens is 260 g/mol. The zero-order valence-corrected chi connectivity index (χ0v) is 13.5. The Labute approximate surface area is 128 Å². The first-order valence-electron chi connectivity index (χ1n) is 8.06. The molecule has 1 aromatic rings. The summed E-state index contributed by atoms with van der Waals surface area (Å²) in [5, 5.41) is 3.10. The molecule has 0 heterocycles. The lowest BCUT2D eigenvalue weighted by Crippen LogP contribution is -2.33. The number of amides is 1. The fourth-order valence-electron chi connectivity index (χ4n) is 3.18. The van der Waals surface area contributed by atoms with Crippen molar-refractivity contribution in [3.05, 3.63) is 29.8 Å². The average molecular weight is 288 g/mol. The first kappa shape index (κ1) is 16.0. The van der Waals surface area contributed by atoms with Crippen LogP contribution in [0.5, 0.6) is 0 Å². The third-order valence-corrected chi connectivity index (χ3v) is 5.15. The van der Waals surface area contributed by atoms with Crippen LogP contribution < -0.4 is 11.1 Å². The van der Waals surface area contributed by atoms with Gasteiger partial charge in [-0.15, -0.1) is 0 Å². The number of hydrogen-bond acceptors (Lipinski definition) is 2. The second kappa shape index (κ2) is 6.18. The van der Waals surface area contributed by atoms with Crippen molar-refractivity contribution in [3.63, 3.8) is 0 Å². The van der Waals surface area contributed by atoms with E-state index in [0.717, 1.165) is 24.9 Å². The van der Waals surface area contributed by atoms with Crippen LogP contribution in [0.15, 0.2) is 24.3 Å². The van der Waals surface area contributed by atoms with Gasteiger partial charge < -0.3 is 11.1 Å². The summed E-state index contributed by atoms with van der Waals surface area (Å²) in [5.41, 5.74) is 7.72. The molecule has 21 heavy (non-hydrogen) atoms. The molecule has 1 aliphatic rings. The lowest BCUT2D eigenvalue weighted by molar-refractivity contribution is -0.125. The average Bonchev–Trinajstić information content (AvgIpc) is 2.98. The zero-order chi connectivity index (χ0) is 15.5. The van der Waals surface area contributed by atoms with Crippen molar-refractivity contribution in [2.75, 3.05) is 11.9 Å². The minimum absolute atomic E-state index is 0.0291. The van der Waals surface area contributed by atoms with Gasteiger partial charge in [-0.1, -0.05) is 45.7 Å². The van der Waals surface area contributed by atoms with Gasteiger partial charge in [-0.25, -0.2) is 0 Å². The molecule has 0 saturated heterocycles. The fraction of sp³-hybridized carbons (Fsp3) is 0.611. The van der Waals surface area contributed by atoms with Gasteiger partial charge in [0.1, 0.15) is 0 Å². The van der Waals surface area contributed by atoms with Crippen molar-refractivity contribution in [1.82, 2.24) is 0 Å². The first-order valence-corrected chi connectivity index (χ1v) is 8.06. The molecule has 2 rings (SSSR count). The molecule has 0 radical (unpaired) electrons. The summed E-state index contributed by atoms with van der Waals surface area (Å²) in [5.74, 6) is 0.188. The van der Waals surface area contributed by atoms with Crippen LogP contribution in [0.1, 0.15) is 58.4 Å². The Hall–Kier alpha value is -1.35. The molecule has 0 atom stereocenters. The van der Waals surface area contributed by atoms with E-state index in [4.69, 9.17) is 5.73 Å². The third-order valence-electron chi connectivity index (χ3n) is 5.15. The highest BCUT2D eigenvalue weighted by Gasteiger charge is 2.39. The number of benzene rings is 1. The topological polar surface area (TPSA) is 55.1 Å². The number of anilines is 1. The Kier molecular flexibility index (Phi) is 4.72. The number of rotatable bonds is 5. The highest BCUT2D eigenvalue weighted by molar-refractivity contribution is 5.95. The number of nitrogens with two attached hydrogens (primary N) is 1. The molecule has 3 nitrogen and oxygen atoms in total. The summed E-state index contributed by atoms with van der Waals surface area (Å²) < 4.78 is 0. The van der Waals surface area contributed by atoms with Crippen LogP contribution in [0.4, 0.5) is 5.69 Å². The van der Waals surface area contributed by atoms with Crippen LogP contribution in [0.2, 0.25) is 0 Å². The second-order valence-electron chi connectivity index (χ2n) is 6.96. The standard InChI is InChI=1S/C18H28N2O/c1-4-18(11-5-6-12-18)16(21)20-15-9-7-14(8-10-15)17(2,3)13-19/h7-10H,4-6,11-13,19H2,1-3H3,(H,20,21). The highest BCUT2D eigenvalue weighted by atomic mass is 16.2. The van der Waals surface area contributed by atoms with E-state index >= 15 is 0 Å². The summed E-state index contributed by atoms with van der Waals surface area (Å²) in [6.45, 7) is 6.99. The van der Waals surface area contributed by atoms with Crippen molar-refractivity contribution < 1.29 is 4.79 Å². The predicted octanol–water partition coefficient (Wildman–Crippen LogP) is 3.83. The Bertz CT molecular complexity index is 484. The van der Waals surface area contributed by atoms with Crippen molar-refractivity contribution in [2.24, 2.45) is 11.1 Å². The van der Waals surface area contributed by atoms with Crippen LogP contribution in [0, 0.1) is 5.41 Å². The molecule has 1 aromatic carbocycles. The molecule has 0 aliphatic heterocycles. The number of carbonyl (C=O) groups excluding carboxylic acids is 1. The van der Waals surface area contributed by atoms with E-state index in [1.807, 2.05) is 12.1 Å². The molecule has 3 heteroatoms. The Morgan fingerprint density at radius 1 is 1.24 bits per heavy atom. The van der Waals surface area contributed by atoms with Gasteiger partial charge >= 0.3 is 0 Å². The maximum Gasteiger partial charge on any atom is 0.230 e. The molecule has 3 N–H and O–H groups in total. The molecule has 1 saturated carbocycles. The summed E-state index contributed by atoms with van der Waals surface area (Å²) in [6.07, 6.45) is 5.31. The molecule has 0 aromatic heterocycles. The van der Waals surface area contributed by atoms with E-state index in [1.54, 1.807) is 0 Å². The molecule has 1 aliphatic carbocycles. The quantitative estimate of drug-likeness (QED) is 0.865. The van der Waals surface area contributed by atoms with Crippen LogP contribution in [0.25, 0.3) is 0 Å². The number of carbonyl (C=O) groups is 1. The Morgan fingerprint density at radius 2 is 1.81 bits per heavy atom. The predicted molar refractivity (Wildman–Crippen MR) is 88.3 cm³/mol. The Balaban J connectivity index is 2.08. The van der Waals surface area contributed by atoms with Gasteiger partial charge in [0.05, 0.1) is 0 Å². The SMILES string of the molecule is CCC1(C(=O)Nc2ccc(C(C)(C)CN)cc2)CCCC1. The maximum absolute atomic E-state index is 12.6. The highest BCUT2D eigenvalue weighted by Crippen LogP contribution is 2.41. The minimum Gasteiger partial charge on any atom is -0.330 e. The summed E-state index contributed by atoms with van der Waals surface area (Å²) in [7, 11) is 0. The van der Waals surface area contributed by atoms with Crippen LogP contribution in [0.3, 0.4) is 0 Å². The van der Waals surface area contributed by atoms with Crippen molar-refractivity contribution in [2.45, 2.75) is 58.3 Å². The molecule has 1 fully saturated rings. The normalized spacial score (nSPS) is 17.7. The zero-order valence-electron chi connectivity index (χ0n) is 13.5. The van der Waals surface area contributed by atoms with Gasteiger partial charge in [-0.3, -0.25) is 4.79 Å². The summed E-state index contributed by atoms with van der Waals surface area (Å²) >= 11 is 0. The third kappa shape index (κ3) is 3.29. The molecular formula is C18H28N2O. The van der Waals surface area contributed by atoms with Crippen LogP contribution in [-0.4, -0.2) is 12.5 Å². The molecule has 1 amide bonds. The first-order chi connectivity index (χ1) is 9.93. The van der Waals surface area contributed by atoms with Gasteiger partial charge in [-0.05, 0) is 37.0 Å². The van der Waals surface area contributed by atoms with Gasteiger partial charge in [-0.2, -0.15) is 0 Å². The van der Waals surface area contributed by atoms with Crippen molar-refractivity contribution in [3.8, 4) is 0 Å². The molecule has 0 bridgehead atoms. The van der Waals surface area contributed by atoms with E-state index in [9.17, 15) is 4.79 Å². The van der Waals surface area contributed by atoms with E-state index in [1.165, 1.54) is 18.4 Å². The number of nitrogens with one attached hydrogen (secondary N) is 1. The van der Waals surface area contributed by atoms with E-state index in [2.05, 4.69) is 38.2 Å². The maximum atomic E-state index is 12.6. The lowest BCUT2D eigenvalue weighted by atomic mass is 9.82. The summed E-state index contributed by atoms with van der Waals surface area (Å²) in [6, 6.07) is 8.11. The van der Waals surface area contributed by atoms with Crippen molar-refractivity contribution in [1.29, 1.82) is 0 Å². The minimum atomic E-state index is -0.144. The van der Waals surface area contributed by atoms with E-state index in [-0.39, 0.29) is 16.7 Å². The number of hydrogen-bond donors (Lipinski definition) is 2. The Morgan fingerprint density at radius 3 is 2.29 bits per heavy atom. The van der Waals surface area contributed by atoms with Crippen LogP contribution >= 0.6 is 0 Å². The molecule has 116 valence electrons. The van der Waals surface area contributed by atoms with Gasteiger partial charge in [0.2, 0.25) is 5.91 Å². The molecule has 0 spiro atoms. The summed E-state index contributed by atoms with van der Waals surface area (Å²) in [4.78, 5) is 12.6. The van der Waals surface area contributed by atoms with Gasteiger partial charge in [0, 0.05) is 23.1 Å².